The Morgan fingerprint density at radius 1 is 1.47 bits per heavy atom. The van der Waals surface area contributed by atoms with Gasteiger partial charge in [0.25, 0.3) is 0 Å². The van der Waals surface area contributed by atoms with Gasteiger partial charge in [-0.3, -0.25) is 0 Å². The van der Waals surface area contributed by atoms with E-state index in [9.17, 15) is 10.2 Å². The molecule has 3 unspecified atom stereocenters. The molecule has 0 amide bonds. The third kappa shape index (κ3) is 4.88. The lowest BCUT2D eigenvalue weighted by Gasteiger charge is -2.44. The summed E-state index contributed by atoms with van der Waals surface area (Å²) in [5, 5.41) is 29.3. The summed E-state index contributed by atoms with van der Waals surface area (Å²) in [4.78, 5) is 0. The molecule has 1 heterocycles. The first kappa shape index (κ1) is 16.6. The molecule has 0 aromatic heterocycles. The molecule has 112 valence electrons. The zero-order valence-electron chi connectivity index (χ0n) is 12.5. The average molecular weight is 272 g/mol. The van der Waals surface area contributed by atoms with E-state index >= 15 is 0 Å². The molecule has 1 aliphatic heterocycles. The van der Waals surface area contributed by atoms with Crippen LogP contribution in [0.5, 0.6) is 0 Å². The van der Waals surface area contributed by atoms with Crippen molar-refractivity contribution in [2.24, 2.45) is 0 Å². The predicted molar refractivity (Wildman–Crippen MR) is 74.9 cm³/mol. The Bertz CT molecular complexity index is 315. The van der Waals surface area contributed by atoms with Crippen LogP contribution in [0.15, 0.2) is 11.6 Å². The van der Waals surface area contributed by atoms with Crippen LogP contribution in [-0.2, 0) is 4.74 Å². The Morgan fingerprint density at radius 3 is 2.63 bits per heavy atom. The van der Waals surface area contributed by atoms with Gasteiger partial charge in [-0.15, -0.1) is 0 Å². The summed E-state index contributed by atoms with van der Waals surface area (Å²) in [6.07, 6.45) is 4.03. The molecular weight excluding hydrogens is 244 g/mol. The average Bonchev–Trinajstić information content (AvgIpc) is 2.25. The highest BCUT2D eigenvalue weighted by Crippen LogP contribution is 2.35. The van der Waals surface area contributed by atoms with E-state index < -0.39 is 11.2 Å². The quantitative estimate of drug-likeness (QED) is 0.667. The second kappa shape index (κ2) is 6.35. The molecule has 0 saturated carbocycles. The molecule has 4 nitrogen and oxygen atoms in total. The van der Waals surface area contributed by atoms with Gasteiger partial charge in [0.1, 0.15) is 0 Å². The monoisotopic (exact) mass is 272 g/mol. The fourth-order valence-electron chi connectivity index (χ4n) is 2.51. The van der Waals surface area contributed by atoms with Gasteiger partial charge in [0.15, 0.2) is 0 Å². The molecule has 1 rings (SSSR count). The highest BCUT2D eigenvalue weighted by Gasteiger charge is 2.43. The minimum absolute atomic E-state index is 0.0417. The number of hydrogen-bond acceptors (Lipinski definition) is 4. The molecule has 4 heteroatoms. The smallest absolute Gasteiger partial charge is 0.0881 e. The topological polar surface area (TPSA) is 69.9 Å². The SMILES string of the molecule is CC(=CCO)CCC1OC(C(C)(C)O)CCC1(C)O. The fraction of sp³-hybridized carbons (Fsp3) is 0.867. The van der Waals surface area contributed by atoms with Crippen LogP contribution in [0.25, 0.3) is 0 Å². The van der Waals surface area contributed by atoms with Gasteiger partial charge in [-0.25, -0.2) is 0 Å². The van der Waals surface area contributed by atoms with Crippen molar-refractivity contribution < 1.29 is 20.1 Å². The van der Waals surface area contributed by atoms with E-state index in [-0.39, 0.29) is 18.8 Å². The number of aliphatic hydroxyl groups excluding tert-OH is 1. The van der Waals surface area contributed by atoms with Crippen LogP contribution < -0.4 is 0 Å². The van der Waals surface area contributed by atoms with E-state index in [1.54, 1.807) is 26.8 Å². The Morgan fingerprint density at radius 2 is 2.11 bits per heavy atom. The molecule has 1 aliphatic rings. The van der Waals surface area contributed by atoms with Crippen molar-refractivity contribution in [3.8, 4) is 0 Å². The van der Waals surface area contributed by atoms with E-state index in [1.807, 2.05) is 6.92 Å². The van der Waals surface area contributed by atoms with E-state index in [4.69, 9.17) is 9.84 Å². The van der Waals surface area contributed by atoms with Crippen molar-refractivity contribution >= 4 is 0 Å². The summed E-state index contributed by atoms with van der Waals surface area (Å²) in [6.45, 7) is 7.28. The second-order valence-corrected chi connectivity index (χ2v) is 6.43. The van der Waals surface area contributed by atoms with Gasteiger partial charge in [-0.2, -0.15) is 0 Å². The van der Waals surface area contributed by atoms with Crippen molar-refractivity contribution in [1.29, 1.82) is 0 Å². The van der Waals surface area contributed by atoms with Crippen molar-refractivity contribution in [3.63, 3.8) is 0 Å². The molecular formula is C15H28O4. The zero-order chi connectivity index (χ0) is 14.7. The maximum atomic E-state index is 10.4. The predicted octanol–water partition coefficient (Wildman–Crippen LogP) is 1.77. The Labute approximate surface area is 116 Å². The Kier molecular flexibility index (Phi) is 5.56. The highest BCUT2D eigenvalue weighted by molar-refractivity contribution is 5.00. The van der Waals surface area contributed by atoms with Gasteiger partial charge >= 0.3 is 0 Å². The molecule has 0 aromatic carbocycles. The number of aliphatic hydroxyl groups is 3. The normalized spacial score (nSPS) is 33.5. The minimum Gasteiger partial charge on any atom is -0.392 e. The minimum atomic E-state index is -0.884. The maximum absolute atomic E-state index is 10.4. The molecule has 0 aromatic rings. The molecule has 1 saturated heterocycles. The van der Waals surface area contributed by atoms with E-state index in [2.05, 4.69) is 0 Å². The molecule has 0 radical (unpaired) electrons. The van der Waals surface area contributed by atoms with Crippen LogP contribution in [-0.4, -0.2) is 45.3 Å². The van der Waals surface area contributed by atoms with E-state index in [1.165, 1.54) is 0 Å². The van der Waals surface area contributed by atoms with Crippen LogP contribution in [0.4, 0.5) is 0 Å². The van der Waals surface area contributed by atoms with Crippen LogP contribution in [0.1, 0.15) is 53.4 Å². The Balaban J connectivity index is 2.64. The van der Waals surface area contributed by atoms with Crippen molar-refractivity contribution in [3.05, 3.63) is 11.6 Å². The number of rotatable bonds is 5. The molecule has 0 aliphatic carbocycles. The summed E-state index contributed by atoms with van der Waals surface area (Å²) in [5.41, 5.74) is -0.640. The molecule has 1 fully saturated rings. The number of ether oxygens (including phenoxy) is 1. The summed E-state index contributed by atoms with van der Waals surface area (Å²) in [6, 6.07) is 0. The van der Waals surface area contributed by atoms with Crippen molar-refractivity contribution in [1.82, 2.24) is 0 Å². The van der Waals surface area contributed by atoms with Crippen LogP contribution in [0.3, 0.4) is 0 Å². The molecule has 3 N–H and O–H groups in total. The summed E-state index contributed by atoms with van der Waals surface area (Å²) in [7, 11) is 0. The molecule has 3 atom stereocenters. The molecule has 0 bridgehead atoms. The first-order valence-corrected chi connectivity index (χ1v) is 7.03. The Hall–Kier alpha value is -0.420. The van der Waals surface area contributed by atoms with Crippen LogP contribution in [0.2, 0.25) is 0 Å². The lowest BCUT2D eigenvalue weighted by molar-refractivity contribution is -0.210. The highest BCUT2D eigenvalue weighted by atomic mass is 16.5. The summed E-state index contributed by atoms with van der Waals surface area (Å²) >= 11 is 0. The van der Waals surface area contributed by atoms with Crippen LogP contribution in [0, 0.1) is 0 Å². The van der Waals surface area contributed by atoms with E-state index in [0.29, 0.717) is 19.3 Å². The zero-order valence-corrected chi connectivity index (χ0v) is 12.5. The lowest BCUT2D eigenvalue weighted by Crippen LogP contribution is -2.53. The van der Waals surface area contributed by atoms with Gasteiger partial charge < -0.3 is 20.1 Å². The number of allylic oxidation sites excluding steroid dienone is 1. The van der Waals surface area contributed by atoms with Gasteiger partial charge in [-0.05, 0) is 53.4 Å². The fourth-order valence-corrected chi connectivity index (χ4v) is 2.51. The maximum Gasteiger partial charge on any atom is 0.0881 e. The largest absolute Gasteiger partial charge is 0.392 e. The lowest BCUT2D eigenvalue weighted by atomic mass is 9.82. The molecule has 0 spiro atoms. The third-order valence-corrected chi connectivity index (χ3v) is 3.96. The van der Waals surface area contributed by atoms with Gasteiger partial charge in [0.2, 0.25) is 0 Å². The standard InChI is InChI=1S/C15H28O4/c1-11(8-10-16)5-6-13-15(4,18)9-7-12(19-13)14(2,3)17/h8,12-13,16-18H,5-7,9-10H2,1-4H3. The van der Waals surface area contributed by atoms with Gasteiger partial charge in [0, 0.05) is 0 Å². The third-order valence-electron chi connectivity index (χ3n) is 3.96. The summed E-state index contributed by atoms with van der Waals surface area (Å²) in [5.74, 6) is 0. The first-order valence-electron chi connectivity index (χ1n) is 7.03. The van der Waals surface area contributed by atoms with Gasteiger partial charge in [0.05, 0.1) is 30.0 Å². The van der Waals surface area contributed by atoms with Crippen molar-refractivity contribution in [2.75, 3.05) is 6.61 Å². The molecule has 19 heavy (non-hydrogen) atoms. The number of hydrogen-bond donors (Lipinski definition) is 3. The summed E-state index contributed by atoms with van der Waals surface area (Å²) < 4.78 is 5.90. The van der Waals surface area contributed by atoms with E-state index in [0.717, 1.165) is 12.0 Å². The second-order valence-electron chi connectivity index (χ2n) is 6.43. The van der Waals surface area contributed by atoms with Crippen molar-refractivity contribution in [2.45, 2.75) is 76.8 Å². The van der Waals surface area contributed by atoms with Crippen LogP contribution >= 0.6 is 0 Å². The first-order chi connectivity index (χ1) is 8.66. The van der Waals surface area contributed by atoms with Gasteiger partial charge in [-0.1, -0.05) is 11.6 Å².